The summed E-state index contributed by atoms with van der Waals surface area (Å²) in [5.41, 5.74) is 13.0. The third-order valence-corrected chi connectivity index (χ3v) is 11.1. The summed E-state index contributed by atoms with van der Waals surface area (Å²) in [6.07, 6.45) is 9.37. The fraction of sp³-hybridized carbons (Fsp3) is 0.364. The Labute approximate surface area is 277 Å². The summed E-state index contributed by atoms with van der Waals surface area (Å²) in [4.78, 5) is 0. The average molecular weight is 609 g/mol. The predicted molar refractivity (Wildman–Crippen MR) is 193 cm³/mol. The second kappa shape index (κ2) is 13.0. The van der Waals surface area contributed by atoms with Crippen molar-refractivity contribution in [3.05, 3.63) is 132 Å². The minimum Gasteiger partial charge on any atom is -0.192 e. The highest BCUT2D eigenvalue weighted by atomic mass is 15.1. The lowest BCUT2D eigenvalue weighted by Crippen LogP contribution is -2.72. The van der Waals surface area contributed by atoms with Crippen LogP contribution in [0.3, 0.4) is 0 Å². The van der Waals surface area contributed by atoms with E-state index in [4.69, 9.17) is 0 Å². The fourth-order valence-corrected chi connectivity index (χ4v) is 8.85. The van der Waals surface area contributed by atoms with Crippen molar-refractivity contribution < 1.29 is 9.13 Å². The number of pyridine rings is 2. The molecule has 0 radical (unpaired) electrons. The van der Waals surface area contributed by atoms with E-state index in [-0.39, 0.29) is 11.0 Å². The predicted octanol–water partition coefficient (Wildman–Crippen LogP) is 10.7. The molecule has 0 saturated carbocycles. The van der Waals surface area contributed by atoms with Crippen LogP contribution in [0.2, 0.25) is 0 Å². The third kappa shape index (κ3) is 5.20. The molecule has 0 N–H and O–H groups in total. The maximum atomic E-state index is 2.71. The molecule has 2 aromatic heterocycles. The van der Waals surface area contributed by atoms with Crippen LogP contribution in [0, 0.1) is 13.8 Å². The van der Waals surface area contributed by atoms with Crippen molar-refractivity contribution in [3.63, 3.8) is 0 Å². The maximum Gasteiger partial charge on any atom is 0.213 e. The van der Waals surface area contributed by atoms with Gasteiger partial charge in [0.05, 0.1) is 5.56 Å². The first-order chi connectivity index (χ1) is 22.3. The van der Waals surface area contributed by atoms with E-state index in [9.17, 15) is 0 Å². The van der Waals surface area contributed by atoms with Crippen LogP contribution in [0.15, 0.2) is 109 Å². The molecule has 1 aliphatic heterocycles. The van der Waals surface area contributed by atoms with E-state index in [2.05, 4.69) is 167 Å². The van der Waals surface area contributed by atoms with Crippen LogP contribution in [-0.2, 0) is 17.4 Å². The first-order valence-electron chi connectivity index (χ1n) is 17.6. The van der Waals surface area contributed by atoms with Crippen molar-refractivity contribution in [2.24, 2.45) is 0 Å². The zero-order chi connectivity index (χ0) is 32.5. The van der Waals surface area contributed by atoms with Gasteiger partial charge in [-0.2, -0.15) is 9.13 Å². The van der Waals surface area contributed by atoms with E-state index >= 15 is 0 Å². The van der Waals surface area contributed by atoms with Gasteiger partial charge < -0.3 is 0 Å². The van der Waals surface area contributed by atoms with Crippen molar-refractivity contribution in [3.8, 4) is 33.6 Å². The van der Waals surface area contributed by atoms with Gasteiger partial charge in [-0.1, -0.05) is 94.3 Å². The van der Waals surface area contributed by atoms with E-state index in [1.807, 2.05) is 0 Å². The molecule has 0 aliphatic carbocycles. The number of benzene rings is 3. The Morgan fingerprint density at radius 3 is 2.17 bits per heavy atom. The van der Waals surface area contributed by atoms with Gasteiger partial charge in [0, 0.05) is 57.0 Å². The van der Waals surface area contributed by atoms with Crippen molar-refractivity contribution in [2.75, 3.05) is 0 Å². The van der Waals surface area contributed by atoms with E-state index in [0.717, 1.165) is 19.3 Å². The monoisotopic (exact) mass is 608 g/mol. The molecular weight excluding hydrogens is 556 g/mol. The van der Waals surface area contributed by atoms with Gasteiger partial charge in [0.25, 0.3) is 0 Å². The van der Waals surface area contributed by atoms with E-state index < -0.39 is 0 Å². The lowest BCUT2D eigenvalue weighted by molar-refractivity contribution is -0.791. The van der Waals surface area contributed by atoms with Gasteiger partial charge in [-0.05, 0) is 72.2 Å². The summed E-state index contributed by atoms with van der Waals surface area (Å²) in [6, 6.07) is 39.1. The van der Waals surface area contributed by atoms with Gasteiger partial charge in [-0.25, -0.2) is 0 Å². The molecule has 2 heteroatoms. The fourth-order valence-electron chi connectivity index (χ4n) is 8.85. The van der Waals surface area contributed by atoms with Gasteiger partial charge in [0.2, 0.25) is 11.4 Å². The highest BCUT2D eigenvalue weighted by molar-refractivity contribution is 5.73. The van der Waals surface area contributed by atoms with Crippen LogP contribution in [0.1, 0.15) is 95.1 Å². The number of unbranched alkanes of at least 4 members (excludes halogenated alkanes) is 2. The summed E-state index contributed by atoms with van der Waals surface area (Å²) in [6.45, 7) is 16.7. The lowest BCUT2D eigenvalue weighted by atomic mass is 9.57. The number of rotatable bonds is 10. The molecule has 2 unspecified atom stereocenters. The standard InChI is InChI=1S/C44H52N2/c1-8-11-13-20-34-29-33(5)46-41(30-34)37-23-16-17-24-39(37)44(10-3,42(46)9-2)43(6,7)45-28-19-18-25-40(45)38-31-36(27-26-32(38)4)35-21-14-12-15-22-35/h12,14-19,21-31,42H,8-11,13,20H2,1-7H3/q+2. The summed E-state index contributed by atoms with van der Waals surface area (Å²) in [5.74, 6) is 0. The van der Waals surface area contributed by atoms with E-state index in [1.54, 1.807) is 0 Å². The number of fused-ring (bicyclic) bond motifs is 3. The molecule has 0 amide bonds. The highest BCUT2D eigenvalue weighted by Crippen LogP contribution is 2.54. The van der Waals surface area contributed by atoms with Gasteiger partial charge >= 0.3 is 0 Å². The lowest BCUT2D eigenvalue weighted by Gasteiger charge is -2.48. The third-order valence-electron chi connectivity index (χ3n) is 11.1. The Kier molecular flexibility index (Phi) is 9.01. The number of nitrogens with zero attached hydrogens (tertiary/aromatic N) is 2. The van der Waals surface area contributed by atoms with Crippen molar-refractivity contribution in [1.82, 2.24) is 0 Å². The minimum absolute atomic E-state index is 0.157. The molecule has 0 bridgehead atoms. The van der Waals surface area contributed by atoms with Gasteiger partial charge in [0.15, 0.2) is 23.5 Å². The van der Waals surface area contributed by atoms with Crippen LogP contribution in [0.5, 0.6) is 0 Å². The topological polar surface area (TPSA) is 7.76 Å². The molecule has 3 aromatic carbocycles. The van der Waals surface area contributed by atoms with Crippen molar-refractivity contribution >= 4 is 0 Å². The van der Waals surface area contributed by atoms with Crippen LogP contribution in [0.4, 0.5) is 0 Å². The number of aryl methyl sites for hydroxylation is 3. The quantitative estimate of drug-likeness (QED) is 0.110. The van der Waals surface area contributed by atoms with Crippen LogP contribution < -0.4 is 9.13 Å². The number of aromatic nitrogens is 2. The summed E-state index contributed by atoms with van der Waals surface area (Å²) < 4.78 is 5.31. The zero-order valence-corrected chi connectivity index (χ0v) is 29.1. The van der Waals surface area contributed by atoms with Crippen LogP contribution in [-0.4, -0.2) is 0 Å². The molecular formula is C44H52N2+2. The molecule has 5 aromatic rings. The summed E-state index contributed by atoms with van der Waals surface area (Å²) in [7, 11) is 0. The highest BCUT2D eigenvalue weighted by Gasteiger charge is 2.64. The van der Waals surface area contributed by atoms with Gasteiger partial charge in [0.1, 0.15) is 5.41 Å². The minimum atomic E-state index is -0.263. The van der Waals surface area contributed by atoms with E-state index in [1.165, 1.54) is 75.3 Å². The molecule has 0 spiro atoms. The zero-order valence-electron chi connectivity index (χ0n) is 29.1. The van der Waals surface area contributed by atoms with Crippen molar-refractivity contribution in [2.45, 2.75) is 104 Å². The molecule has 2 nitrogen and oxygen atoms in total. The second-order valence-corrected chi connectivity index (χ2v) is 13.9. The smallest absolute Gasteiger partial charge is 0.192 e. The molecule has 1 aliphatic rings. The second-order valence-electron chi connectivity index (χ2n) is 13.9. The Morgan fingerprint density at radius 2 is 1.43 bits per heavy atom. The molecule has 46 heavy (non-hydrogen) atoms. The number of hydrogen-bond donors (Lipinski definition) is 0. The van der Waals surface area contributed by atoms with Gasteiger partial charge in [-0.3, -0.25) is 0 Å². The van der Waals surface area contributed by atoms with Gasteiger partial charge in [-0.15, -0.1) is 0 Å². The Balaban J connectivity index is 1.57. The Bertz CT molecular complexity index is 1830. The first-order valence-corrected chi connectivity index (χ1v) is 17.6. The van der Waals surface area contributed by atoms with Crippen molar-refractivity contribution in [1.29, 1.82) is 0 Å². The first kappa shape index (κ1) is 31.9. The van der Waals surface area contributed by atoms with Crippen LogP contribution in [0.25, 0.3) is 33.6 Å². The molecule has 2 atom stereocenters. The molecule has 236 valence electrons. The molecule has 0 saturated heterocycles. The largest absolute Gasteiger partial charge is 0.213 e. The summed E-state index contributed by atoms with van der Waals surface area (Å²) >= 11 is 0. The Morgan fingerprint density at radius 1 is 0.696 bits per heavy atom. The molecule has 6 rings (SSSR count). The normalized spacial score (nSPS) is 17.4. The van der Waals surface area contributed by atoms with Crippen LogP contribution >= 0.6 is 0 Å². The molecule has 0 fully saturated rings. The average Bonchev–Trinajstić information content (AvgIpc) is 3.08. The molecule has 3 heterocycles. The number of hydrogen-bond acceptors (Lipinski definition) is 0. The maximum absolute atomic E-state index is 2.71. The SMILES string of the molecule is CCCCCc1cc(C)[n+]2c(c1)-c1ccccc1C(CC)(C(C)(C)[n+]1ccccc1-c1cc(-c3ccccc3)ccc1C)C2CC. The Hall–Kier alpha value is -4.04. The summed E-state index contributed by atoms with van der Waals surface area (Å²) in [5, 5.41) is 0. The van der Waals surface area contributed by atoms with E-state index in [0.29, 0.717) is 6.04 Å².